The number of anilines is 3. The van der Waals surface area contributed by atoms with E-state index in [0.29, 0.717) is 41.8 Å². The number of fused-ring (bicyclic) bond motifs is 1. The van der Waals surface area contributed by atoms with Crippen LogP contribution in [-0.2, 0) is 33.7 Å². The molecule has 0 saturated carbocycles. The predicted octanol–water partition coefficient (Wildman–Crippen LogP) is 5.80. The van der Waals surface area contributed by atoms with Gasteiger partial charge in [-0.15, -0.1) is 13.8 Å². The lowest BCUT2D eigenvalue weighted by Gasteiger charge is -2.16. The second-order valence-corrected chi connectivity index (χ2v) is 12.4. The number of benzene rings is 3. The molecule has 0 unspecified atom stereocenters. The van der Waals surface area contributed by atoms with Gasteiger partial charge in [0.15, 0.2) is 5.75 Å². The van der Waals surface area contributed by atoms with Gasteiger partial charge >= 0.3 is 12.0 Å². The second kappa shape index (κ2) is 15.5. The van der Waals surface area contributed by atoms with E-state index in [2.05, 4.69) is 54.6 Å². The van der Waals surface area contributed by atoms with Crippen LogP contribution in [0.2, 0.25) is 0 Å². The molecule has 0 bridgehead atoms. The highest BCUT2D eigenvalue weighted by atomic mass is 32.2. The zero-order valence-electron chi connectivity index (χ0n) is 24.1. The van der Waals surface area contributed by atoms with Gasteiger partial charge in [0, 0.05) is 16.0 Å². The van der Waals surface area contributed by atoms with E-state index in [1.165, 1.54) is 24.3 Å². The van der Waals surface area contributed by atoms with Crippen molar-refractivity contribution in [1.82, 2.24) is 15.0 Å². The number of azo groups is 1. The Morgan fingerprint density at radius 3 is 2.29 bits per heavy atom. The molecule has 1 heterocycles. The summed E-state index contributed by atoms with van der Waals surface area (Å²) >= 11 is 1.07. The number of phenols is 1. The monoisotopic (exact) mass is 735 g/mol. The molecule has 0 saturated heterocycles. The quantitative estimate of drug-likeness (QED) is 0.0249. The smallest absolute Gasteiger partial charge is 0.337 e. The Bertz CT molecular complexity index is 2100. The standard InChI is InChI=1S/C26H21N7O13S3/c34-22-20-12(10-19(48-46-44-39)21(22)33-32-13-5-7-14(8-6-13)47-45-43-38)9-15(49(40,41)42)11-18(20)28-25-29-24(30-26(37)31-25)27-17-4-2-1-3-16(17)23(35)36/h1,3,5-11,34,38-39H,2,4H2,(H,35,36)(H,40,41,42)(H3,27,28,29,30,31,37). The van der Waals surface area contributed by atoms with E-state index in [-0.39, 0.29) is 55.9 Å². The molecule has 0 amide bonds. The van der Waals surface area contributed by atoms with E-state index in [1.807, 2.05) is 0 Å². The summed E-state index contributed by atoms with van der Waals surface area (Å²) in [6.45, 7) is 0. The molecule has 8 N–H and O–H groups in total. The SMILES string of the molecule is O=C(O)C1=C(Nc2nc(O)nc(Nc3cc(S(=O)(=O)O)cc4cc(SOOO)c(N=Nc5ccc(SOOO)cc5)c(O)c34)n2)CCC=C1. The van der Waals surface area contributed by atoms with Gasteiger partial charge in [0.2, 0.25) is 11.9 Å². The van der Waals surface area contributed by atoms with Crippen molar-refractivity contribution in [3.05, 3.63) is 65.9 Å². The van der Waals surface area contributed by atoms with Crippen LogP contribution in [0.15, 0.2) is 90.8 Å². The highest BCUT2D eigenvalue weighted by molar-refractivity contribution is 7.94. The molecule has 20 nitrogen and oxygen atoms in total. The molecule has 5 rings (SSSR count). The number of nitrogens with one attached hydrogen (secondary N) is 2. The fourth-order valence-corrected chi connectivity index (χ4v) is 5.77. The zero-order chi connectivity index (χ0) is 35.1. The van der Waals surface area contributed by atoms with Crippen molar-refractivity contribution < 1.29 is 62.3 Å². The maximum atomic E-state index is 12.2. The molecule has 0 radical (unpaired) electrons. The molecular weight excluding hydrogens is 715 g/mol. The van der Waals surface area contributed by atoms with Gasteiger partial charge in [-0.2, -0.15) is 28.5 Å². The number of carboxylic acids is 1. The Morgan fingerprint density at radius 1 is 0.918 bits per heavy atom. The number of carboxylic acid groups (broad SMARTS) is 1. The Hall–Kier alpha value is -4.95. The van der Waals surface area contributed by atoms with Crippen molar-refractivity contribution in [3.63, 3.8) is 0 Å². The molecule has 256 valence electrons. The van der Waals surface area contributed by atoms with Crippen LogP contribution in [0, 0.1) is 0 Å². The van der Waals surface area contributed by atoms with Crippen molar-refractivity contribution in [2.45, 2.75) is 27.5 Å². The van der Waals surface area contributed by atoms with E-state index < -0.39 is 32.7 Å². The summed E-state index contributed by atoms with van der Waals surface area (Å²) in [5, 5.41) is 69.0. The van der Waals surface area contributed by atoms with Crippen LogP contribution in [0.3, 0.4) is 0 Å². The zero-order valence-corrected chi connectivity index (χ0v) is 26.6. The first kappa shape index (κ1) is 35.4. The molecule has 3 aromatic carbocycles. The van der Waals surface area contributed by atoms with Gasteiger partial charge in [-0.3, -0.25) is 4.55 Å². The summed E-state index contributed by atoms with van der Waals surface area (Å²) in [5.74, 6) is -2.48. The van der Waals surface area contributed by atoms with Gasteiger partial charge < -0.3 is 26.0 Å². The van der Waals surface area contributed by atoms with E-state index in [4.69, 9.17) is 10.5 Å². The minimum atomic E-state index is -4.85. The molecule has 1 aliphatic carbocycles. The summed E-state index contributed by atoms with van der Waals surface area (Å²) < 4.78 is 43.2. The highest BCUT2D eigenvalue weighted by Gasteiger charge is 2.23. The lowest BCUT2D eigenvalue weighted by atomic mass is 10.0. The van der Waals surface area contributed by atoms with Gasteiger partial charge in [0.05, 0.1) is 50.8 Å². The van der Waals surface area contributed by atoms with E-state index in [9.17, 15) is 33.1 Å². The number of rotatable bonds is 14. The van der Waals surface area contributed by atoms with E-state index in [0.717, 1.165) is 12.1 Å². The van der Waals surface area contributed by atoms with Crippen molar-refractivity contribution in [2.24, 2.45) is 10.2 Å². The first-order valence-corrected chi connectivity index (χ1v) is 16.1. The van der Waals surface area contributed by atoms with Gasteiger partial charge in [-0.1, -0.05) is 16.2 Å². The second-order valence-electron chi connectivity index (χ2n) is 9.43. The van der Waals surface area contributed by atoms with E-state index >= 15 is 0 Å². The maximum Gasteiger partial charge on any atom is 0.337 e. The number of aromatic nitrogens is 3. The van der Waals surface area contributed by atoms with Gasteiger partial charge in [-0.05, 0) is 66.8 Å². The summed E-state index contributed by atoms with van der Waals surface area (Å²) in [4.78, 5) is 23.2. The molecular formula is C26H21N7O13S3. The molecule has 0 spiro atoms. The average Bonchev–Trinajstić information content (AvgIpc) is 3.05. The Balaban J connectivity index is 1.61. The Labute approximate surface area is 282 Å². The molecule has 23 heteroatoms. The number of allylic oxidation sites excluding steroid dienone is 2. The first-order valence-electron chi connectivity index (χ1n) is 13.2. The van der Waals surface area contributed by atoms with Gasteiger partial charge in [0.1, 0.15) is 5.69 Å². The van der Waals surface area contributed by atoms with Crippen LogP contribution < -0.4 is 10.6 Å². The van der Waals surface area contributed by atoms with Gasteiger partial charge in [0.25, 0.3) is 10.1 Å². The number of hydrogen-bond donors (Lipinski definition) is 8. The van der Waals surface area contributed by atoms with Crippen LogP contribution in [0.25, 0.3) is 10.8 Å². The third-order valence-corrected chi connectivity index (χ3v) is 8.42. The maximum absolute atomic E-state index is 12.2. The van der Waals surface area contributed by atoms with Crippen molar-refractivity contribution in [2.75, 3.05) is 10.6 Å². The van der Waals surface area contributed by atoms with Crippen LogP contribution >= 0.6 is 24.1 Å². The lowest BCUT2D eigenvalue weighted by molar-refractivity contribution is -0.432. The highest BCUT2D eigenvalue weighted by Crippen LogP contribution is 2.47. The lowest BCUT2D eigenvalue weighted by Crippen LogP contribution is -2.14. The Kier molecular flexibility index (Phi) is 11.2. The first-order chi connectivity index (χ1) is 23.5. The summed E-state index contributed by atoms with van der Waals surface area (Å²) in [6.07, 6.45) is 3.89. The number of phenolic OH excluding ortho intramolecular Hbond substituents is 1. The normalized spacial score (nSPS) is 13.4. The molecule has 4 aromatic rings. The topological polar surface area (TPSA) is 297 Å². The minimum Gasteiger partial charge on any atom is -0.505 e. The largest absolute Gasteiger partial charge is 0.505 e. The molecule has 1 aliphatic rings. The Morgan fingerprint density at radius 2 is 1.61 bits per heavy atom. The number of aliphatic carboxylic acids is 1. The van der Waals surface area contributed by atoms with Crippen molar-refractivity contribution in [3.8, 4) is 11.8 Å². The van der Waals surface area contributed by atoms with Crippen LogP contribution in [-0.4, -0.2) is 59.7 Å². The van der Waals surface area contributed by atoms with Crippen molar-refractivity contribution >= 4 is 79.9 Å². The van der Waals surface area contributed by atoms with Crippen LogP contribution in [0.4, 0.5) is 29.0 Å². The number of aromatic hydroxyl groups is 2. The fraction of sp³-hybridized carbons (Fsp3) is 0.0769. The van der Waals surface area contributed by atoms with Crippen LogP contribution in [0.1, 0.15) is 12.8 Å². The molecule has 0 aliphatic heterocycles. The van der Waals surface area contributed by atoms with Crippen molar-refractivity contribution in [1.29, 1.82) is 0 Å². The number of nitrogens with zero attached hydrogens (tertiary/aromatic N) is 5. The molecule has 0 fully saturated rings. The number of carbonyl (C=O) groups is 1. The van der Waals surface area contributed by atoms with Gasteiger partial charge in [-0.25, -0.2) is 15.3 Å². The summed E-state index contributed by atoms with van der Waals surface area (Å²) in [6, 6.07) is 8.54. The predicted molar refractivity (Wildman–Crippen MR) is 169 cm³/mol. The average molecular weight is 736 g/mol. The summed E-state index contributed by atoms with van der Waals surface area (Å²) in [7, 11) is -4.85. The van der Waals surface area contributed by atoms with E-state index in [1.54, 1.807) is 18.2 Å². The molecule has 1 aromatic heterocycles. The van der Waals surface area contributed by atoms with Crippen LogP contribution in [0.5, 0.6) is 11.8 Å². The minimum absolute atomic E-state index is 0.0209. The number of hydrogen-bond acceptors (Lipinski definition) is 20. The molecule has 49 heavy (non-hydrogen) atoms. The molecule has 0 atom stereocenters. The third kappa shape index (κ3) is 8.75. The third-order valence-electron chi connectivity index (χ3n) is 6.37. The fourth-order valence-electron chi connectivity index (χ4n) is 4.38. The summed E-state index contributed by atoms with van der Waals surface area (Å²) in [5.41, 5.74) is -0.00184.